The SMILES string of the molecule is CC/C(C)=C(\Nc1ncccn1)S/C=C(\C)c1ccc(O)c(O)c1. The van der Waals surface area contributed by atoms with Gasteiger partial charge < -0.3 is 15.5 Å². The zero-order chi connectivity index (χ0) is 17.5. The Labute approximate surface area is 146 Å². The van der Waals surface area contributed by atoms with Crippen LogP contribution in [0.1, 0.15) is 32.8 Å². The summed E-state index contributed by atoms with van der Waals surface area (Å²) in [5.41, 5.74) is 3.03. The van der Waals surface area contributed by atoms with Gasteiger partial charge in [-0.25, -0.2) is 9.97 Å². The number of phenols is 2. The van der Waals surface area contributed by atoms with Gasteiger partial charge in [-0.15, -0.1) is 0 Å². The molecule has 6 heteroatoms. The third-order valence-electron chi connectivity index (χ3n) is 3.49. The van der Waals surface area contributed by atoms with Crippen molar-refractivity contribution >= 4 is 23.3 Å². The van der Waals surface area contributed by atoms with Crippen LogP contribution in [0.15, 0.2) is 52.7 Å². The Bertz CT molecular complexity index is 758. The van der Waals surface area contributed by atoms with E-state index in [9.17, 15) is 10.2 Å². The van der Waals surface area contributed by atoms with E-state index < -0.39 is 0 Å². The minimum absolute atomic E-state index is 0.121. The average molecular weight is 343 g/mol. The highest BCUT2D eigenvalue weighted by Gasteiger charge is 2.06. The number of hydrogen-bond acceptors (Lipinski definition) is 6. The van der Waals surface area contributed by atoms with E-state index >= 15 is 0 Å². The molecule has 0 fully saturated rings. The van der Waals surface area contributed by atoms with Crippen molar-refractivity contribution in [2.75, 3.05) is 5.32 Å². The summed E-state index contributed by atoms with van der Waals surface area (Å²) in [6.07, 6.45) is 4.30. The average Bonchev–Trinajstić information content (AvgIpc) is 2.60. The first-order valence-corrected chi connectivity index (χ1v) is 8.48. The van der Waals surface area contributed by atoms with Gasteiger partial charge in [0.25, 0.3) is 0 Å². The zero-order valence-electron chi connectivity index (χ0n) is 13.9. The maximum atomic E-state index is 9.63. The molecule has 0 unspecified atom stereocenters. The van der Waals surface area contributed by atoms with Gasteiger partial charge in [-0.1, -0.05) is 24.8 Å². The molecule has 0 aliphatic carbocycles. The van der Waals surface area contributed by atoms with E-state index in [0.717, 1.165) is 22.6 Å². The number of phenolic OH excluding ortho intramolecular Hbond substituents is 2. The molecule has 0 bridgehead atoms. The normalized spacial score (nSPS) is 12.7. The highest BCUT2D eigenvalue weighted by Crippen LogP contribution is 2.31. The van der Waals surface area contributed by atoms with Crippen molar-refractivity contribution in [3.8, 4) is 11.5 Å². The molecule has 0 saturated heterocycles. The highest BCUT2D eigenvalue weighted by molar-refractivity contribution is 8.06. The summed E-state index contributed by atoms with van der Waals surface area (Å²) in [5, 5.41) is 25.2. The van der Waals surface area contributed by atoms with Crippen molar-refractivity contribution in [1.82, 2.24) is 9.97 Å². The Kier molecular flexibility index (Phi) is 6.26. The number of allylic oxidation sites excluding steroid dienone is 2. The number of rotatable bonds is 6. The maximum absolute atomic E-state index is 9.63. The van der Waals surface area contributed by atoms with Crippen molar-refractivity contribution in [3.05, 3.63) is 58.2 Å². The van der Waals surface area contributed by atoms with Crippen LogP contribution in [0.4, 0.5) is 5.95 Å². The minimum Gasteiger partial charge on any atom is -0.504 e. The molecule has 1 heterocycles. The van der Waals surface area contributed by atoms with Crippen LogP contribution in [-0.4, -0.2) is 20.2 Å². The third-order valence-corrected chi connectivity index (χ3v) is 4.65. The van der Waals surface area contributed by atoms with E-state index in [4.69, 9.17) is 0 Å². The van der Waals surface area contributed by atoms with Gasteiger partial charge in [0.05, 0.1) is 5.03 Å². The van der Waals surface area contributed by atoms with Crippen molar-refractivity contribution in [2.24, 2.45) is 0 Å². The summed E-state index contributed by atoms with van der Waals surface area (Å²) >= 11 is 1.54. The molecule has 126 valence electrons. The molecule has 0 spiro atoms. The summed E-state index contributed by atoms with van der Waals surface area (Å²) in [4.78, 5) is 8.38. The molecule has 2 rings (SSSR count). The first-order chi connectivity index (χ1) is 11.5. The molecule has 5 nitrogen and oxygen atoms in total. The second-order valence-corrected chi connectivity index (χ2v) is 6.16. The number of nitrogens with one attached hydrogen (secondary N) is 1. The maximum Gasteiger partial charge on any atom is 0.227 e. The fourth-order valence-electron chi connectivity index (χ4n) is 1.85. The zero-order valence-corrected chi connectivity index (χ0v) is 14.8. The Morgan fingerprint density at radius 1 is 1.17 bits per heavy atom. The molecule has 0 radical (unpaired) electrons. The lowest BCUT2D eigenvalue weighted by Gasteiger charge is -2.11. The fourth-order valence-corrected chi connectivity index (χ4v) is 2.77. The largest absolute Gasteiger partial charge is 0.504 e. The molecule has 3 N–H and O–H groups in total. The molecule has 0 atom stereocenters. The molecular formula is C18H21N3O2S. The van der Waals surface area contributed by atoms with Crippen LogP contribution in [0, 0.1) is 0 Å². The summed E-state index contributed by atoms with van der Waals surface area (Å²) in [6, 6.07) is 6.57. The number of thioether (sulfide) groups is 1. The molecule has 0 amide bonds. The number of aromatic nitrogens is 2. The topological polar surface area (TPSA) is 78.3 Å². The molecule has 0 saturated carbocycles. The number of aromatic hydroxyl groups is 2. The molecule has 2 aromatic rings. The predicted molar refractivity (Wildman–Crippen MR) is 99.7 cm³/mol. The number of benzene rings is 1. The Morgan fingerprint density at radius 2 is 1.88 bits per heavy atom. The second kappa shape index (κ2) is 8.40. The van der Waals surface area contributed by atoms with E-state index in [1.54, 1.807) is 42.4 Å². The van der Waals surface area contributed by atoms with Gasteiger partial charge in [-0.2, -0.15) is 0 Å². The smallest absolute Gasteiger partial charge is 0.227 e. The quantitative estimate of drug-likeness (QED) is 0.658. The van der Waals surface area contributed by atoms with Crippen molar-refractivity contribution < 1.29 is 10.2 Å². The molecule has 1 aromatic carbocycles. The first-order valence-electron chi connectivity index (χ1n) is 7.60. The summed E-state index contributed by atoms with van der Waals surface area (Å²) in [6.45, 7) is 6.11. The lowest BCUT2D eigenvalue weighted by Crippen LogP contribution is -2.02. The van der Waals surface area contributed by atoms with Gasteiger partial charge in [0.1, 0.15) is 0 Å². The lowest BCUT2D eigenvalue weighted by molar-refractivity contribution is 0.403. The van der Waals surface area contributed by atoms with Crippen molar-refractivity contribution in [1.29, 1.82) is 0 Å². The summed E-state index contributed by atoms with van der Waals surface area (Å²) < 4.78 is 0. The standard InChI is InChI=1S/C18H21N3O2S/c1-4-12(2)17(21-18-19-8-5-9-20-18)24-11-13(3)14-6-7-15(22)16(23)10-14/h5-11,22-23H,4H2,1-3H3,(H,19,20,21)/b13-11+,17-12+. The molecule has 24 heavy (non-hydrogen) atoms. The predicted octanol–water partition coefficient (Wildman–Crippen LogP) is 4.74. The Morgan fingerprint density at radius 3 is 2.50 bits per heavy atom. The van der Waals surface area contributed by atoms with Gasteiger partial charge in [0.2, 0.25) is 5.95 Å². The van der Waals surface area contributed by atoms with Crippen LogP contribution >= 0.6 is 11.8 Å². The van der Waals surface area contributed by atoms with Crippen LogP contribution in [0.3, 0.4) is 0 Å². The van der Waals surface area contributed by atoms with Gasteiger partial charge in [-0.05, 0) is 60.6 Å². The minimum atomic E-state index is -0.124. The molecule has 1 aromatic heterocycles. The van der Waals surface area contributed by atoms with E-state index in [-0.39, 0.29) is 11.5 Å². The monoisotopic (exact) mass is 343 g/mol. The lowest BCUT2D eigenvalue weighted by atomic mass is 10.1. The Hall–Kier alpha value is -2.47. The Balaban J connectivity index is 2.19. The van der Waals surface area contributed by atoms with Gasteiger partial charge in [0.15, 0.2) is 11.5 Å². The highest BCUT2D eigenvalue weighted by atomic mass is 32.2. The number of hydrogen-bond donors (Lipinski definition) is 3. The second-order valence-electron chi connectivity index (χ2n) is 5.28. The van der Waals surface area contributed by atoms with Crippen molar-refractivity contribution in [3.63, 3.8) is 0 Å². The number of nitrogens with zero attached hydrogens (tertiary/aromatic N) is 2. The summed E-state index contributed by atoms with van der Waals surface area (Å²) in [7, 11) is 0. The van der Waals surface area contributed by atoms with Crippen LogP contribution in [0.2, 0.25) is 0 Å². The molecule has 0 aliphatic heterocycles. The van der Waals surface area contributed by atoms with E-state index in [0.29, 0.717) is 5.95 Å². The van der Waals surface area contributed by atoms with Crippen molar-refractivity contribution in [2.45, 2.75) is 27.2 Å². The van der Waals surface area contributed by atoms with E-state index in [1.165, 1.54) is 11.6 Å². The third kappa shape index (κ3) is 4.76. The fraction of sp³-hybridized carbons (Fsp3) is 0.222. The first kappa shape index (κ1) is 17.9. The van der Waals surface area contributed by atoms with E-state index in [1.807, 2.05) is 12.3 Å². The molecule has 0 aliphatic rings. The van der Waals surface area contributed by atoms with Crippen LogP contribution in [0.5, 0.6) is 11.5 Å². The summed E-state index contributed by atoms with van der Waals surface area (Å²) in [5.74, 6) is 0.312. The van der Waals surface area contributed by atoms with Crippen LogP contribution in [0.25, 0.3) is 5.57 Å². The van der Waals surface area contributed by atoms with Crippen LogP contribution < -0.4 is 5.32 Å². The van der Waals surface area contributed by atoms with E-state index in [2.05, 4.69) is 29.1 Å². The van der Waals surface area contributed by atoms with Crippen LogP contribution in [-0.2, 0) is 0 Å². The van der Waals surface area contributed by atoms with Gasteiger partial charge in [0, 0.05) is 12.4 Å². The van der Waals surface area contributed by atoms with Gasteiger partial charge in [-0.3, -0.25) is 0 Å². The number of anilines is 1. The molecular weight excluding hydrogens is 322 g/mol. The van der Waals surface area contributed by atoms with Gasteiger partial charge >= 0.3 is 0 Å².